The van der Waals surface area contributed by atoms with Crippen LogP contribution in [-0.4, -0.2) is 21.9 Å². The predicted octanol–water partition coefficient (Wildman–Crippen LogP) is 3.13. The first kappa shape index (κ1) is 11.5. The van der Waals surface area contributed by atoms with Crippen LogP contribution in [0.25, 0.3) is 0 Å². The third-order valence-electron chi connectivity index (χ3n) is 1.61. The van der Waals surface area contributed by atoms with Gasteiger partial charge in [0.05, 0.1) is 5.37 Å². The predicted molar refractivity (Wildman–Crippen MR) is 59.0 cm³/mol. The zero-order valence-electron chi connectivity index (χ0n) is 7.85. The molecule has 0 saturated heterocycles. The van der Waals surface area contributed by atoms with Crippen molar-refractivity contribution in [3.8, 4) is 0 Å². The van der Waals surface area contributed by atoms with Crippen molar-refractivity contribution in [2.75, 3.05) is 0 Å². The van der Waals surface area contributed by atoms with Crippen LogP contribution in [0.2, 0.25) is 0 Å². The van der Waals surface area contributed by atoms with E-state index in [4.69, 9.17) is 16.3 Å². The third kappa shape index (κ3) is 2.96. The average molecular weight is 234 g/mol. The van der Waals surface area contributed by atoms with Gasteiger partial charge in [0.25, 0.3) is 0 Å². The van der Waals surface area contributed by atoms with Crippen molar-refractivity contribution in [2.24, 2.45) is 0 Å². The first-order valence-corrected chi connectivity index (χ1v) is 5.59. The lowest BCUT2D eigenvalue weighted by molar-refractivity contribution is 0.108. The van der Waals surface area contributed by atoms with Gasteiger partial charge in [0.15, 0.2) is 5.56 Å². The molecular weight excluding hydrogens is 222 g/mol. The number of halogens is 1. The smallest absolute Gasteiger partial charge is 0.416 e. The molecule has 2 atom stereocenters. The maximum absolute atomic E-state index is 11.5. The van der Waals surface area contributed by atoms with Gasteiger partial charge in [-0.1, -0.05) is 17.7 Å². The molecule has 1 amide bonds. The van der Waals surface area contributed by atoms with E-state index in [9.17, 15) is 4.79 Å². The van der Waals surface area contributed by atoms with Crippen LogP contribution in [0, 0.1) is 0 Å². The molecular formula is C9H12ClNO2S. The Labute approximate surface area is 92.7 Å². The van der Waals surface area contributed by atoms with Gasteiger partial charge in [-0.2, -0.15) is 0 Å². The highest BCUT2D eigenvalue weighted by Crippen LogP contribution is 2.28. The largest absolute Gasteiger partial charge is 0.430 e. The minimum Gasteiger partial charge on any atom is -0.430 e. The molecule has 0 fully saturated rings. The maximum atomic E-state index is 11.5. The number of carbonyl (C=O) groups excluding carboxylic acids is 1. The number of alkyl halides is 1. The number of amides is 1. The number of ether oxygens (including phenoxy) is 1. The minimum absolute atomic E-state index is 0.0513. The van der Waals surface area contributed by atoms with Crippen molar-refractivity contribution < 1.29 is 9.53 Å². The van der Waals surface area contributed by atoms with Gasteiger partial charge in [-0.3, -0.25) is 4.90 Å². The van der Waals surface area contributed by atoms with E-state index in [1.807, 2.05) is 5.41 Å². The summed E-state index contributed by atoms with van der Waals surface area (Å²) in [6.07, 6.45) is 3.78. The van der Waals surface area contributed by atoms with Crippen molar-refractivity contribution >= 4 is 29.5 Å². The molecule has 78 valence electrons. The Hall–Kier alpha value is -0.610. The summed E-state index contributed by atoms with van der Waals surface area (Å²) in [6.45, 7) is 5.24. The summed E-state index contributed by atoms with van der Waals surface area (Å²) < 4.78 is 4.86. The van der Waals surface area contributed by atoms with Gasteiger partial charge in [-0.05, 0) is 18.8 Å². The van der Waals surface area contributed by atoms with Crippen molar-refractivity contribution in [1.82, 2.24) is 4.90 Å². The topological polar surface area (TPSA) is 29.5 Å². The molecule has 0 spiro atoms. The van der Waals surface area contributed by atoms with E-state index in [0.717, 1.165) is 6.42 Å². The van der Waals surface area contributed by atoms with Crippen molar-refractivity contribution in [3.63, 3.8) is 0 Å². The van der Waals surface area contributed by atoms with Gasteiger partial charge in [-0.15, -0.1) is 18.3 Å². The van der Waals surface area contributed by atoms with Crippen LogP contribution in [0.4, 0.5) is 4.79 Å². The summed E-state index contributed by atoms with van der Waals surface area (Å²) in [5.74, 6) is 0. The van der Waals surface area contributed by atoms with E-state index in [2.05, 4.69) is 6.58 Å². The second kappa shape index (κ2) is 5.32. The summed E-state index contributed by atoms with van der Waals surface area (Å²) in [5.41, 5.74) is -0.606. The van der Waals surface area contributed by atoms with Crippen molar-refractivity contribution in [3.05, 3.63) is 24.3 Å². The quantitative estimate of drug-likeness (QED) is 0.554. The van der Waals surface area contributed by atoms with Gasteiger partial charge in [0.1, 0.15) is 0 Å². The van der Waals surface area contributed by atoms with Gasteiger partial charge < -0.3 is 4.74 Å². The number of carbonyl (C=O) groups is 1. The molecule has 5 heteroatoms. The fourth-order valence-corrected chi connectivity index (χ4v) is 2.04. The molecule has 0 aliphatic carbocycles. The van der Waals surface area contributed by atoms with Crippen LogP contribution < -0.4 is 0 Å². The Balaban J connectivity index is 2.52. The zero-order valence-corrected chi connectivity index (χ0v) is 9.42. The number of rotatable bonds is 3. The number of nitrogens with zero attached hydrogens (tertiary/aromatic N) is 1. The summed E-state index contributed by atoms with van der Waals surface area (Å²) in [7, 11) is 0. The van der Waals surface area contributed by atoms with Crippen LogP contribution >= 0.6 is 23.4 Å². The molecule has 0 aromatic carbocycles. The summed E-state index contributed by atoms with van der Waals surface area (Å²) in [5, 5.41) is 1.91. The fraction of sp³-hybridized carbons (Fsp3) is 0.444. The van der Waals surface area contributed by atoms with Crippen LogP contribution in [0.5, 0.6) is 0 Å². The van der Waals surface area contributed by atoms with Crippen LogP contribution in [-0.2, 0) is 4.74 Å². The third-order valence-corrected chi connectivity index (χ3v) is 2.71. The molecule has 0 saturated carbocycles. The molecule has 14 heavy (non-hydrogen) atoms. The zero-order chi connectivity index (χ0) is 10.6. The van der Waals surface area contributed by atoms with E-state index in [1.54, 1.807) is 31.0 Å². The summed E-state index contributed by atoms with van der Waals surface area (Å²) in [6, 6.07) is 0. The van der Waals surface area contributed by atoms with Crippen LogP contribution in [0.1, 0.15) is 13.3 Å². The molecule has 1 heterocycles. The highest BCUT2D eigenvalue weighted by molar-refractivity contribution is 8.02. The highest BCUT2D eigenvalue weighted by atomic mass is 35.5. The Bertz CT molecular complexity index is 255. The molecule has 0 radical (unpaired) electrons. The van der Waals surface area contributed by atoms with Crippen molar-refractivity contribution in [2.45, 2.75) is 24.3 Å². The molecule has 0 aromatic rings. The minimum atomic E-state index is -0.606. The summed E-state index contributed by atoms with van der Waals surface area (Å²) in [4.78, 5) is 13.0. The highest BCUT2D eigenvalue weighted by Gasteiger charge is 2.26. The second-order valence-corrected chi connectivity index (χ2v) is 4.44. The SMILES string of the molecule is C=CCC1SC=CN1C(=O)OC(C)Cl. The van der Waals surface area contributed by atoms with Crippen LogP contribution in [0.3, 0.4) is 0 Å². The average Bonchev–Trinajstić information content (AvgIpc) is 2.51. The number of thioether (sulfide) groups is 1. The van der Waals surface area contributed by atoms with E-state index in [-0.39, 0.29) is 5.37 Å². The fourth-order valence-electron chi connectivity index (χ4n) is 1.04. The lowest BCUT2D eigenvalue weighted by Gasteiger charge is -2.21. The second-order valence-electron chi connectivity index (χ2n) is 2.73. The van der Waals surface area contributed by atoms with Gasteiger partial charge in [0, 0.05) is 6.20 Å². The first-order valence-electron chi connectivity index (χ1n) is 4.21. The Kier molecular flexibility index (Phi) is 4.35. The lowest BCUT2D eigenvalue weighted by Crippen LogP contribution is -2.32. The standard InChI is InChI=1S/C9H12ClNO2S/c1-3-4-8-11(5-6-14-8)9(12)13-7(2)10/h3,5-8H,1,4H2,2H3. The molecule has 3 nitrogen and oxygen atoms in total. The Morgan fingerprint density at radius 2 is 2.64 bits per heavy atom. The number of hydrogen-bond acceptors (Lipinski definition) is 3. The maximum Gasteiger partial charge on any atom is 0.416 e. The van der Waals surface area contributed by atoms with Crippen molar-refractivity contribution in [1.29, 1.82) is 0 Å². The van der Waals surface area contributed by atoms with Gasteiger partial charge in [0.2, 0.25) is 0 Å². The van der Waals surface area contributed by atoms with Crippen LogP contribution in [0.15, 0.2) is 24.3 Å². The molecule has 0 bridgehead atoms. The molecule has 2 unspecified atom stereocenters. The number of hydrogen-bond donors (Lipinski definition) is 0. The van der Waals surface area contributed by atoms with E-state index >= 15 is 0 Å². The summed E-state index contributed by atoms with van der Waals surface area (Å²) >= 11 is 7.12. The first-order chi connectivity index (χ1) is 6.65. The van der Waals surface area contributed by atoms with E-state index in [1.165, 1.54) is 4.90 Å². The Morgan fingerprint density at radius 1 is 1.93 bits per heavy atom. The van der Waals surface area contributed by atoms with Gasteiger partial charge >= 0.3 is 6.09 Å². The molecule has 0 N–H and O–H groups in total. The van der Waals surface area contributed by atoms with E-state index in [0.29, 0.717) is 0 Å². The Morgan fingerprint density at radius 3 is 3.21 bits per heavy atom. The molecule has 1 aliphatic heterocycles. The van der Waals surface area contributed by atoms with E-state index < -0.39 is 11.7 Å². The lowest BCUT2D eigenvalue weighted by atomic mass is 10.4. The monoisotopic (exact) mass is 233 g/mol. The molecule has 0 aromatic heterocycles. The molecule has 1 aliphatic rings. The van der Waals surface area contributed by atoms with Gasteiger partial charge in [-0.25, -0.2) is 4.79 Å². The molecule has 1 rings (SSSR count). The normalized spacial score (nSPS) is 22.1.